The van der Waals surface area contributed by atoms with E-state index in [0.29, 0.717) is 23.0 Å². The van der Waals surface area contributed by atoms with Gasteiger partial charge in [-0.2, -0.15) is 5.26 Å². The number of pyridine rings is 1. The fourth-order valence-electron chi connectivity index (χ4n) is 7.53. The minimum Gasteiger partial charge on any atom is -0.256 e. The zero-order valence-corrected chi connectivity index (χ0v) is 29.0. The fraction of sp³-hybridized carbons (Fsp3) is 0. The highest BCUT2D eigenvalue weighted by Crippen LogP contribution is 2.42. The van der Waals surface area contributed by atoms with Crippen molar-refractivity contribution in [2.75, 3.05) is 0 Å². The number of rotatable bonds is 5. The number of aromatic nitrogens is 4. The van der Waals surface area contributed by atoms with Crippen LogP contribution in [0.15, 0.2) is 176 Å². The molecule has 0 aliphatic carbocycles. The lowest BCUT2D eigenvalue weighted by molar-refractivity contribution is 1.07. The molecule has 0 aliphatic heterocycles. The summed E-state index contributed by atoms with van der Waals surface area (Å²) >= 11 is 0. The van der Waals surface area contributed by atoms with Gasteiger partial charge >= 0.3 is 0 Å². The molecule has 10 aromatic rings. The molecule has 0 N–H and O–H groups in total. The largest absolute Gasteiger partial charge is 0.256 e. The fourth-order valence-corrected chi connectivity index (χ4v) is 7.53. The van der Waals surface area contributed by atoms with Crippen molar-refractivity contribution in [3.05, 3.63) is 182 Å². The summed E-state index contributed by atoms with van der Waals surface area (Å²) in [6.45, 7) is 0. The quantitative estimate of drug-likeness (QED) is 0.168. The topological polar surface area (TPSA) is 75.3 Å². The van der Waals surface area contributed by atoms with Crippen LogP contribution in [0.5, 0.6) is 0 Å². The number of hydrogen-bond donors (Lipinski definition) is 0. The lowest BCUT2D eigenvalue weighted by Crippen LogP contribution is -2.00. The third kappa shape index (κ3) is 5.42. The highest BCUT2D eigenvalue weighted by atomic mass is 15.0. The van der Waals surface area contributed by atoms with E-state index in [1.165, 1.54) is 10.8 Å². The van der Waals surface area contributed by atoms with Gasteiger partial charge in [-0.1, -0.05) is 127 Å². The molecule has 0 radical (unpaired) electrons. The van der Waals surface area contributed by atoms with Gasteiger partial charge in [-0.15, -0.1) is 0 Å². The second-order valence-electron chi connectivity index (χ2n) is 13.4. The molecule has 10 rings (SSSR count). The summed E-state index contributed by atoms with van der Waals surface area (Å²) in [5, 5.41) is 17.3. The molecule has 5 nitrogen and oxygen atoms in total. The number of hydrogen-bond acceptors (Lipinski definition) is 5. The summed E-state index contributed by atoms with van der Waals surface area (Å²) in [6, 6.07) is 60.6. The smallest absolute Gasteiger partial charge is 0.164 e. The van der Waals surface area contributed by atoms with Crippen LogP contribution in [0, 0.1) is 11.3 Å². The van der Waals surface area contributed by atoms with Crippen molar-refractivity contribution in [3.63, 3.8) is 0 Å². The molecule has 0 saturated heterocycles. The van der Waals surface area contributed by atoms with E-state index >= 15 is 0 Å². The monoisotopic (exact) mass is 687 g/mol. The molecule has 2 aromatic heterocycles. The number of fused-ring (bicyclic) bond motifs is 6. The second-order valence-corrected chi connectivity index (χ2v) is 13.4. The highest BCUT2D eigenvalue weighted by Gasteiger charge is 2.17. The van der Waals surface area contributed by atoms with E-state index in [2.05, 4.69) is 91.0 Å². The summed E-state index contributed by atoms with van der Waals surface area (Å²) in [5.41, 5.74) is 8.73. The Bertz CT molecular complexity index is 3050. The minimum atomic E-state index is 0.619. The standard InChI is InChI=1S/C49H29N5/c50-30-31-20-21-35-26-37(23-22-34(35)25-31)43-29-44-40-18-8-7-17-39(40)42(28-45(44)41-19-10-24-51-46(41)43)36-15-9-16-38(27-36)49-53-47(32-11-3-1-4-12-32)52-48(54-49)33-13-5-2-6-14-33/h1-29H. The molecule has 0 spiro atoms. The van der Waals surface area contributed by atoms with Crippen molar-refractivity contribution < 1.29 is 0 Å². The summed E-state index contributed by atoms with van der Waals surface area (Å²) < 4.78 is 0. The van der Waals surface area contributed by atoms with Gasteiger partial charge in [0.1, 0.15) is 0 Å². The van der Waals surface area contributed by atoms with Crippen molar-refractivity contribution in [2.24, 2.45) is 0 Å². The first-order chi connectivity index (χ1) is 26.7. The van der Waals surface area contributed by atoms with Crippen LogP contribution in [0.3, 0.4) is 0 Å². The molecule has 0 bridgehead atoms. The Balaban J connectivity index is 1.16. The maximum Gasteiger partial charge on any atom is 0.164 e. The summed E-state index contributed by atoms with van der Waals surface area (Å²) in [6.07, 6.45) is 1.87. The molecule has 0 amide bonds. The van der Waals surface area contributed by atoms with Crippen LogP contribution in [0.25, 0.3) is 99.6 Å². The number of nitrogens with zero attached hydrogens (tertiary/aromatic N) is 5. The van der Waals surface area contributed by atoms with Gasteiger partial charge in [0.2, 0.25) is 0 Å². The maximum atomic E-state index is 9.43. The van der Waals surface area contributed by atoms with Crippen molar-refractivity contribution in [3.8, 4) is 62.5 Å². The molecule has 5 heteroatoms. The molecular weight excluding hydrogens is 659 g/mol. The van der Waals surface area contributed by atoms with Crippen LogP contribution in [-0.2, 0) is 0 Å². The second kappa shape index (κ2) is 12.9. The van der Waals surface area contributed by atoms with Crippen LogP contribution in [-0.4, -0.2) is 19.9 Å². The van der Waals surface area contributed by atoms with Crippen molar-refractivity contribution in [2.45, 2.75) is 0 Å². The van der Waals surface area contributed by atoms with Gasteiger partial charge in [0, 0.05) is 33.8 Å². The van der Waals surface area contributed by atoms with Crippen LogP contribution >= 0.6 is 0 Å². The van der Waals surface area contributed by atoms with Crippen molar-refractivity contribution in [1.82, 2.24) is 19.9 Å². The molecular formula is C49H29N5. The van der Waals surface area contributed by atoms with E-state index in [1.54, 1.807) is 0 Å². The molecule has 0 saturated carbocycles. The summed E-state index contributed by atoms with van der Waals surface area (Å²) in [7, 11) is 0. The first-order valence-corrected chi connectivity index (χ1v) is 17.9. The molecule has 54 heavy (non-hydrogen) atoms. The molecule has 0 atom stereocenters. The minimum absolute atomic E-state index is 0.619. The van der Waals surface area contributed by atoms with Crippen LogP contribution in [0.4, 0.5) is 0 Å². The van der Waals surface area contributed by atoms with Crippen LogP contribution in [0.2, 0.25) is 0 Å². The first kappa shape index (κ1) is 31.2. The van der Waals surface area contributed by atoms with E-state index < -0.39 is 0 Å². The molecule has 0 aliphatic rings. The molecule has 250 valence electrons. The molecule has 0 fully saturated rings. The average Bonchev–Trinajstić information content (AvgIpc) is 3.26. The Morgan fingerprint density at radius 2 is 0.926 bits per heavy atom. The number of nitriles is 1. The van der Waals surface area contributed by atoms with Gasteiger partial charge in [0.25, 0.3) is 0 Å². The SMILES string of the molecule is N#Cc1ccc2cc(-c3cc4c5ccccc5c(-c5cccc(-c6nc(-c7ccccc7)nc(-c7ccccc7)n6)c5)cc4c4cccnc34)ccc2c1. The van der Waals surface area contributed by atoms with Crippen molar-refractivity contribution in [1.29, 1.82) is 5.26 Å². The lowest BCUT2D eigenvalue weighted by atomic mass is 9.88. The number of benzene rings is 8. The Morgan fingerprint density at radius 1 is 0.370 bits per heavy atom. The van der Waals surface area contributed by atoms with Gasteiger partial charge in [0.15, 0.2) is 17.5 Å². The van der Waals surface area contributed by atoms with E-state index in [0.717, 1.165) is 71.4 Å². The summed E-state index contributed by atoms with van der Waals surface area (Å²) in [5.74, 6) is 1.89. The van der Waals surface area contributed by atoms with Gasteiger partial charge in [0.05, 0.1) is 17.1 Å². The predicted molar refractivity (Wildman–Crippen MR) is 220 cm³/mol. The predicted octanol–water partition coefficient (Wildman–Crippen LogP) is 12.1. The van der Waals surface area contributed by atoms with Gasteiger partial charge in [-0.3, -0.25) is 4.98 Å². The summed E-state index contributed by atoms with van der Waals surface area (Å²) in [4.78, 5) is 19.9. The Hall–Kier alpha value is -7.55. The zero-order valence-electron chi connectivity index (χ0n) is 29.0. The Morgan fingerprint density at radius 3 is 1.67 bits per heavy atom. The van der Waals surface area contributed by atoms with Gasteiger partial charge < -0.3 is 0 Å². The molecule has 8 aromatic carbocycles. The Labute approximate surface area is 311 Å². The van der Waals surface area contributed by atoms with Crippen molar-refractivity contribution >= 4 is 43.2 Å². The lowest BCUT2D eigenvalue weighted by Gasteiger charge is -2.16. The van der Waals surface area contributed by atoms with Crippen LogP contribution in [0.1, 0.15) is 5.56 Å². The van der Waals surface area contributed by atoms with Gasteiger partial charge in [-0.25, -0.2) is 15.0 Å². The van der Waals surface area contributed by atoms with E-state index in [-0.39, 0.29) is 0 Å². The third-order valence-electron chi connectivity index (χ3n) is 10.1. The zero-order chi connectivity index (χ0) is 36.0. The molecule has 2 heterocycles. The van der Waals surface area contributed by atoms with E-state index in [1.807, 2.05) is 91.1 Å². The normalized spacial score (nSPS) is 11.3. The van der Waals surface area contributed by atoms with Gasteiger partial charge in [-0.05, 0) is 91.5 Å². The maximum absolute atomic E-state index is 9.43. The third-order valence-corrected chi connectivity index (χ3v) is 10.1. The highest BCUT2D eigenvalue weighted by molar-refractivity contribution is 6.23. The van der Waals surface area contributed by atoms with Crippen LogP contribution < -0.4 is 0 Å². The average molecular weight is 688 g/mol. The van der Waals surface area contributed by atoms with E-state index in [9.17, 15) is 5.26 Å². The Kier molecular flexibility index (Phi) is 7.45. The first-order valence-electron chi connectivity index (χ1n) is 17.9. The van der Waals surface area contributed by atoms with E-state index in [4.69, 9.17) is 19.9 Å². The molecule has 0 unspecified atom stereocenters.